The number of aliphatic hydroxyl groups excluding tert-OH is 1. The van der Waals surface area contributed by atoms with Crippen molar-refractivity contribution < 1.29 is 22.3 Å². The topological polar surface area (TPSA) is 79.5 Å². The van der Waals surface area contributed by atoms with Crippen molar-refractivity contribution in [1.82, 2.24) is 4.72 Å². The van der Waals surface area contributed by atoms with E-state index in [1.165, 1.54) is 12.1 Å². The van der Waals surface area contributed by atoms with Crippen molar-refractivity contribution in [3.63, 3.8) is 0 Å². The average molecular weight is 325 g/mol. The zero-order chi connectivity index (χ0) is 15.7. The lowest BCUT2D eigenvalue weighted by molar-refractivity contribution is 0.125. The number of halogens is 1. The Morgan fingerprint density at radius 2 is 1.91 bits per heavy atom. The van der Waals surface area contributed by atoms with E-state index in [0.29, 0.717) is 11.5 Å². The molecule has 1 atom stereocenters. The Morgan fingerprint density at radius 3 is 2.55 bits per heavy atom. The maximum atomic E-state index is 12.8. The zero-order valence-corrected chi connectivity index (χ0v) is 12.5. The molecule has 22 heavy (non-hydrogen) atoms. The second-order valence-corrected chi connectivity index (χ2v) is 7.13. The Morgan fingerprint density at radius 1 is 1.23 bits per heavy atom. The molecule has 118 valence electrons. The van der Waals surface area contributed by atoms with Crippen molar-refractivity contribution in [3.05, 3.63) is 53.7 Å². The van der Waals surface area contributed by atoms with Gasteiger partial charge in [-0.1, -0.05) is 0 Å². The molecule has 0 spiro atoms. The number of benzene rings is 1. The Balaban J connectivity index is 1.65. The molecule has 1 fully saturated rings. The monoisotopic (exact) mass is 325 g/mol. The second kappa shape index (κ2) is 5.83. The molecule has 2 N–H and O–H groups in total. The maximum absolute atomic E-state index is 12.8. The predicted molar refractivity (Wildman–Crippen MR) is 76.8 cm³/mol. The van der Waals surface area contributed by atoms with E-state index in [1.54, 1.807) is 12.1 Å². The van der Waals surface area contributed by atoms with Crippen LogP contribution in [-0.2, 0) is 16.6 Å². The van der Waals surface area contributed by atoms with Crippen LogP contribution < -0.4 is 4.72 Å². The molecule has 1 unspecified atom stereocenters. The van der Waals surface area contributed by atoms with Crippen molar-refractivity contribution in [1.29, 1.82) is 0 Å². The number of furan rings is 1. The highest BCUT2D eigenvalue weighted by molar-refractivity contribution is 7.89. The third-order valence-electron chi connectivity index (χ3n) is 3.60. The largest absolute Gasteiger partial charge is 0.462 e. The molecular weight excluding hydrogens is 309 g/mol. The molecule has 7 heteroatoms. The maximum Gasteiger partial charge on any atom is 0.240 e. The van der Waals surface area contributed by atoms with Gasteiger partial charge in [-0.05, 0) is 55.2 Å². The van der Waals surface area contributed by atoms with Crippen molar-refractivity contribution >= 4 is 10.0 Å². The Bertz CT molecular complexity index is 750. The summed E-state index contributed by atoms with van der Waals surface area (Å²) in [4.78, 5) is -0.0151. The molecule has 2 aromatic rings. The van der Waals surface area contributed by atoms with Crippen molar-refractivity contribution in [2.45, 2.75) is 30.4 Å². The van der Waals surface area contributed by atoms with Gasteiger partial charge in [0.25, 0.3) is 0 Å². The normalized spacial score (nSPS) is 16.6. The minimum atomic E-state index is -3.73. The molecule has 3 rings (SSSR count). The van der Waals surface area contributed by atoms with E-state index in [4.69, 9.17) is 4.42 Å². The van der Waals surface area contributed by atoms with Crippen molar-refractivity contribution in [2.75, 3.05) is 0 Å². The van der Waals surface area contributed by atoms with Crippen molar-refractivity contribution in [2.24, 2.45) is 5.92 Å². The molecule has 0 aliphatic heterocycles. The Hall–Kier alpha value is -1.70. The molecule has 1 saturated carbocycles. The summed E-state index contributed by atoms with van der Waals surface area (Å²) in [5.74, 6) is 0.623. The van der Waals surface area contributed by atoms with E-state index in [0.717, 1.165) is 25.0 Å². The lowest BCUT2D eigenvalue weighted by atomic mass is 10.2. The first kappa shape index (κ1) is 15.2. The van der Waals surface area contributed by atoms with Gasteiger partial charge in [0.1, 0.15) is 23.4 Å². The molecule has 0 bridgehead atoms. The van der Waals surface area contributed by atoms with Gasteiger partial charge in [-0.25, -0.2) is 17.5 Å². The van der Waals surface area contributed by atoms with Gasteiger partial charge in [0.2, 0.25) is 10.0 Å². The van der Waals surface area contributed by atoms with E-state index in [-0.39, 0.29) is 17.4 Å². The number of hydrogen-bond acceptors (Lipinski definition) is 4. The summed E-state index contributed by atoms with van der Waals surface area (Å²) >= 11 is 0. The minimum absolute atomic E-state index is 0.0151. The van der Waals surface area contributed by atoms with Gasteiger partial charge in [-0.3, -0.25) is 0 Å². The number of nitrogens with one attached hydrogen (secondary N) is 1. The van der Waals surface area contributed by atoms with Crippen molar-refractivity contribution in [3.8, 4) is 0 Å². The zero-order valence-electron chi connectivity index (χ0n) is 11.7. The third kappa shape index (κ3) is 3.37. The quantitative estimate of drug-likeness (QED) is 0.854. The number of aliphatic hydroxyl groups is 1. The lowest BCUT2D eigenvalue weighted by Crippen LogP contribution is -2.23. The van der Waals surface area contributed by atoms with E-state index < -0.39 is 21.9 Å². The molecule has 1 heterocycles. The number of hydrogen-bond donors (Lipinski definition) is 2. The fraction of sp³-hybridized carbons (Fsp3) is 0.333. The Labute approximate surface area is 127 Å². The molecule has 1 aliphatic rings. The van der Waals surface area contributed by atoms with Crippen LogP contribution in [0.5, 0.6) is 0 Å². The molecule has 1 aromatic carbocycles. The number of rotatable bonds is 6. The summed E-state index contributed by atoms with van der Waals surface area (Å²) in [5.41, 5.74) is 0. The van der Waals surface area contributed by atoms with Crippen LogP contribution in [0, 0.1) is 11.7 Å². The van der Waals surface area contributed by atoms with Gasteiger partial charge < -0.3 is 9.52 Å². The van der Waals surface area contributed by atoms with Gasteiger partial charge in [0, 0.05) is 0 Å². The smallest absolute Gasteiger partial charge is 0.240 e. The van der Waals surface area contributed by atoms with Gasteiger partial charge in [-0.2, -0.15) is 0 Å². The van der Waals surface area contributed by atoms with Gasteiger partial charge >= 0.3 is 0 Å². The summed E-state index contributed by atoms with van der Waals surface area (Å²) in [6.45, 7) is -0.0307. The molecule has 0 amide bonds. The first-order chi connectivity index (χ1) is 10.5. The third-order valence-corrected chi connectivity index (χ3v) is 5.02. The Kier molecular flexibility index (Phi) is 4.03. The minimum Gasteiger partial charge on any atom is -0.462 e. The first-order valence-corrected chi connectivity index (χ1v) is 8.46. The number of sulfonamides is 1. The van der Waals surface area contributed by atoms with Crippen LogP contribution in [0.3, 0.4) is 0 Å². The summed E-state index contributed by atoms with van der Waals surface area (Å²) in [6.07, 6.45) is 1.34. The van der Waals surface area contributed by atoms with Gasteiger partial charge in [0.05, 0.1) is 11.4 Å². The van der Waals surface area contributed by atoms with E-state index in [9.17, 15) is 17.9 Å². The van der Waals surface area contributed by atoms with E-state index in [2.05, 4.69) is 4.72 Å². The van der Waals surface area contributed by atoms with Crippen LogP contribution in [0.25, 0.3) is 0 Å². The molecule has 1 aliphatic carbocycles. The summed E-state index contributed by atoms with van der Waals surface area (Å²) in [7, 11) is -3.73. The van der Waals surface area contributed by atoms with Gasteiger partial charge in [0.15, 0.2) is 0 Å². The molecule has 5 nitrogen and oxygen atoms in total. The standard InChI is InChI=1S/C15H16FNO4S/c16-11-3-6-13(7-4-11)22(19,20)17-9-12-5-8-14(21-12)15(18)10-1-2-10/h3-8,10,15,17-18H,1-2,9H2. The SMILES string of the molecule is O=S(=O)(NCc1ccc(C(O)C2CC2)o1)c1ccc(F)cc1. The van der Waals surface area contributed by atoms with Crippen LogP contribution >= 0.6 is 0 Å². The van der Waals surface area contributed by atoms with Crippen LogP contribution in [0.1, 0.15) is 30.5 Å². The molecule has 0 saturated heterocycles. The molecule has 0 radical (unpaired) electrons. The van der Waals surface area contributed by atoms with Crippen LogP contribution in [0.15, 0.2) is 45.7 Å². The summed E-state index contributed by atoms with van der Waals surface area (Å²) in [6, 6.07) is 7.86. The second-order valence-electron chi connectivity index (χ2n) is 5.36. The predicted octanol–water partition coefficient (Wildman–Crippen LogP) is 2.34. The molecular formula is C15H16FNO4S. The van der Waals surface area contributed by atoms with Crippen LogP contribution in [0.4, 0.5) is 4.39 Å². The molecule has 1 aromatic heterocycles. The van der Waals surface area contributed by atoms with E-state index >= 15 is 0 Å². The van der Waals surface area contributed by atoms with Crippen LogP contribution in [0.2, 0.25) is 0 Å². The highest BCUT2D eigenvalue weighted by Crippen LogP contribution is 2.41. The highest BCUT2D eigenvalue weighted by Gasteiger charge is 2.32. The summed E-state index contributed by atoms with van der Waals surface area (Å²) < 4.78 is 44.8. The first-order valence-electron chi connectivity index (χ1n) is 6.97. The van der Waals surface area contributed by atoms with Gasteiger partial charge in [-0.15, -0.1) is 0 Å². The lowest BCUT2D eigenvalue weighted by Gasteiger charge is -2.06. The van der Waals surface area contributed by atoms with Crippen LogP contribution in [-0.4, -0.2) is 13.5 Å². The van der Waals surface area contributed by atoms with E-state index in [1.807, 2.05) is 0 Å². The fourth-order valence-electron chi connectivity index (χ4n) is 2.16. The highest BCUT2D eigenvalue weighted by atomic mass is 32.2. The average Bonchev–Trinajstić information content (AvgIpc) is 3.23. The fourth-order valence-corrected chi connectivity index (χ4v) is 3.15. The summed E-state index contributed by atoms with van der Waals surface area (Å²) in [5, 5.41) is 9.94.